The van der Waals surface area contributed by atoms with E-state index in [2.05, 4.69) is 31.4 Å². The van der Waals surface area contributed by atoms with Crippen LogP contribution in [0.15, 0.2) is 34.7 Å². The summed E-state index contributed by atoms with van der Waals surface area (Å²) in [6, 6.07) is 5.89. The van der Waals surface area contributed by atoms with Crippen LogP contribution in [0.3, 0.4) is 0 Å². The number of anilines is 1. The fraction of sp³-hybridized carbons (Fsp3) is 0.444. The van der Waals surface area contributed by atoms with E-state index in [1.165, 1.54) is 12.8 Å². The minimum Gasteiger partial charge on any atom is -0.351 e. The summed E-state index contributed by atoms with van der Waals surface area (Å²) in [5, 5.41) is 7.78. The summed E-state index contributed by atoms with van der Waals surface area (Å²) < 4.78 is 1.66. The zero-order valence-corrected chi connectivity index (χ0v) is 14.7. The van der Waals surface area contributed by atoms with Crippen molar-refractivity contribution in [2.75, 3.05) is 11.4 Å². The lowest BCUT2D eigenvalue weighted by molar-refractivity contribution is 0.481. The third kappa shape index (κ3) is 2.72. The van der Waals surface area contributed by atoms with Crippen molar-refractivity contribution in [1.29, 1.82) is 0 Å². The molecule has 1 saturated heterocycles. The Labute approximate surface area is 149 Å². The standard InChI is InChI=1S/C18H19N5OS/c24-16-6-5-15(12-3-4-12)21-23(16)10-13-2-1-8-22(13)17-14-7-9-25-18(14)20-11-19-17/h5-7,9,11-13H,1-4,8,10H2. The van der Waals surface area contributed by atoms with Gasteiger partial charge in [-0.3, -0.25) is 4.79 Å². The molecule has 3 aromatic rings. The van der Waals surface area contributed by atoms with Gasteiger partial charge in [-0.2, -0.15) is 5.10 Å². The Morgan fingerprint density at radius 1 is 1.16 bits per heavy atom. The first-order valence-corrected chi connectivity index (χ1v) is 9.70. The van der Waals surface area contributed by atoms with E-state index >= 15 is 0 Å². The summed E-state index contributed by atoms with van der Waals surface area (Å²) >= 11 is 1.63. The minimum absolute atomic E-state index is 0.0142. The highest BCUT2D eigenvalue weighted by molar-refractivity contribution is 7.16. The lowest BCUT2D eigenvalue weighted by Crippen LogP contribution is -2.37. The largest absolute Gasteiger partial charge is 0.351 e. The molecule has 1 unspecified atom stereocenters. The highest BCUT2D eigenvalue weighted by Gasteiger charge is 2.29. The summed E-state index contributed by atoms with van der Waals surface area (Å²) in [6.45, 7) is 1.58. The highest BCUT2D eigenvalue weighted by atomic mass is 32.1. The first kappa shape index (κ1) is 15.0. The maximum atomic E-state index is 12.3. The summed E-state index contributed by atoms with van der Waals surface area (Å²) in [7, 11) is 0. The molecule has 4 heterocycles. The average Bonchev–Trinajstić information content (AvgIpc) is 3.18. The van der Waals surface area contributed by atoms with Crippen LogP contribution in [-0.2, 0) is 6.54 Å². The number of fused-ring (bicyclic) bond motifs is 1. The number of nitrogens with zero attached hydrogens (tertiary/aromatic N) is 5. The molecular formula is C18H19N5OS. The lowest BCUT2D eigenvalue weighted by Gasteiger charge is -2.26. The molecule has 3 aromatic heterocycles. The molecule has 2 aliphatic rings. The van der Waals surface area contributed by atoms with Gasteiger partial charge in [0.15, 0.2) is 0 Å². The van der Waals surface area contributed by atoms with Crippen molar-refractivity contribution in [2.45, 2.75) is 44.2 Å². The molecule has 25 heavy (non-hydrogen) atoms. The molecule has 5 rings (SSSR count). The van der Waals surface area contributed by atoms with Gasteiger partial charge in [0.05, 0.1) is 23.7 Å². The number of hydrogen-bond acceptors (Lipinski definition) is 6. The molecular weight excluding hydrogens is 334 g/mol. The van der Waals surface area contributed by atoms with E-state index in [1.54, 1.807) is 28.4 Å². The van der Waals surface area contributed by atoms with Crippen LogP contribution in [-0.4, -0.2) is 32.3 Å². The highest BCUT2D eigenvalue weighted by Crippen LogP contribution is 2.38. The fourth-order valence-corrected chi connectivity index (χ4v) is 4.43. The van der Waals surface area contributed by atoms with E-state index in [4.69, 9.17) is 0 Å². The van der Waals surface area contributed by atoms with E-state index < -0.39 is 0 Å². The van der Waals surface area contributed by atoms with Gasteiger partial charge in [0.2, 0.25) is 0 Å². The van der Waals surface area contributed by atoms with E-state index in [0.717, 1.165) is 41.1 Å². The van der Waals surface area contributed by atoms with Crippen LogP contribution in [0.25, 0.3) is 10.2 Å². The van der Waals surface area contributed by atoms with Crippen LogP contribution in [0, 0.1) is 0 Å². The van der Waals surface area contributed by atoms with Crippen LogP contribution in [0.1, 0.15) is 37.3 Å². The normalized spacial score (nSPS) is 20.5. The molecule has 0 radical (unpaired) electrons. The van der Waals surface area contributed by atoms with Gasteiger partial charge < -0.3 is 4.90 Å². The summed E-state index contributed by atoms with van der Waals surface area (Å²) in [5.41, 5.74) is 1.05. The van der Waals surface area contributed by atoms with E-state index in [-0.39, 0.29) is 11.6 Å². The first-order chi connectivity index (χ1) is 12.3. The lowest BCUT2D eigenvalue weighted by atomic mass is 10.2. The molecule has 128 valence electrons. The molecule has 1 atom stereocenters. The maximum Gasteiger partial charge on any atom is 0.266 e. The van der Waals surface area contributed by atoms with Crippen molar-refractivity contribution >= 4 is 27.4 Å². The van der Waals surface area contributed by atoms with Gasteiger partial charge in [-0.15, -0.1) is 11.3 Å². The van der Waals surface area contributed by atoms with Gasteiger partial charge in [0, 0.05) is 18.5 Å². The molecule has 1 saturated carbocycles. The van der Waals surface area contributed by atoms with Gasteiger partial charge in [-0.25, -0.2) is 14.6 Å². The average molecular weight is 353 g/mol. The Hall–Kier alpha value is -2.28. The monoisotopic (exact) mass is 353 g/mol. The van der Waals surface area contributed by atoms with Crippen molar-refractivity contribution in [3.8, 4) is 0 Å². The molecule has 0 amide bonds. The van der Waals surface area contributed by atoms with Gasteiger partial charge in [0.25, 0.3) is 5.56 Å². The first-order valence-electron chi connectivity index (χ1n) is 8.82. The molecule has 2 fully saturated rings. The topological polar surface area (TPSA) is 63.9 Å². The van der Waals surface area contributed by atoms with Crippen LogP contribution in [0.4, 0.5) is 5.82 Å². The van der Waals surface area contributed by atoms with Crippen LogP contribution in [0.5, 0.6) is 0 Å². The smallest absolute Gasteiger partial charge is 0.266 e. The number of rotatable bonds is 4. The second-order valence-electron chi connectivity index (χ2n) is 6.88. The zero-order valence-electron chi connectivity index (χ0n) is 13.8. The Balaban J connectivity index is 1.47. The van der Waals surface area contributed by atoms with Crippen molar-refractivity contribution < 1.29 is 0 Å². The van der Waals surface area contributed by atoms with E-state index in [9.17, 15) is 4.79 Å². The van der Waals surface area contributed by atoms with Crippen molar-refractivity contribution in [3.05, 3.63) is 46.0 Å². The predicted molar refractivity (Wildman–Crippen MR) is 98.3 cm³/mol. The Morgan fingerprint density at radius 3 is 2.96 bits per heavy atom. The van der Waals surface area contributed by atoms with Crippen molar-refractivity contribution in [2.24, 2.45) is 0 Å². The number of hydrogen-bond donors (Lipinski definition) is 0. The van der Waals surface area contributed by atoms with E-state index in [0.29, 0.717) is 12.5 Å². The second-order valence-corrected chi connectivity index (χ2v) is 7.77. The molecule has 1 aliphatic heterocycles. The SMILES string of the molecule is O=c1ccc(C2CC2)nn1CC1CCCN1c1ncnc2sccc12. The van der Waals surface area contributed by atoms with Crippen molar-refractivity contribution in [3.63, 3.8) is 0 Å². The summed E-state index contributed by atoms with van der Waals surface area (Å²) in [4.78, 5) is 24.5. The summed E-state index contributed by atoms with van der Waals surface area (Å²) in [6.07, 6.45) is 6.19. The molecule has 0 N–H and O–H groups in total. The predicted octanol–water partition coefficient (Wildman–Crippen LogP) is 2.79. The van der Waals surface area contributed by atoms with Crippen LogP contribution < -0.4 is 10.5 Å². The Kier molecular flexibility index (Phi) is 3.55. The Bertz CT molecular complexity index is 977. The van der Waals surface area contributed by atoms with Gasteiger partial charge >= 0.3 is 0 Å². The maximum absolute atomic E-state index is 12.3. The third-order valence-electron chi connectivity index (χ3n) is 5.16. The quantitative estimate of drug-likeness (QED) is 0.722. The van der Waals surface area contributed by atoms with Crippen molar-refractivity contribution in [1.82, 2.24) is 19.7 Å². The van der Waals surface area contributed by atoms with Gasteiger partial charge in [-0.1, -0.05) is 0 Å². The molecule has 6 nitrogen and oxygen atoms in total. The zero-order chi connectivity index (χ0) is 16.8. The van der Waals surface area contributed by atoms with Crippen LogP contribution >= 0.6 is 11.3 Å². The molecule has 0 aromatic carbocycles. The van der Waals surface area contributed by atoms with E-state index in [1.807, 2.05) is 6.07 Å². The minimum atomic E-state index is -0.0142. The Morgan fingerprint density at radius 2 is 2.08 bits per heavy atom. The number of aromatic nitrogens is 4. The molecule has 1 aliphatic carbocycles. The molecule has 0 bridgehead atoms. The fourth-order valence-electron chi connectivity index (χ4n) is 3.70. The van der Waals surface area contributed by atoms with Gasteiger partial charge in [0.1, 0.15) is 17.0 Å². The summed E-state index contributed by atoms with van der Waals surface area (Å²) in [5.74, 6) is 1.54. The molecule has 0 spiro atoms. The number of thiophene rings is 1. The van der Waals surface area contributed by atoms with Crippen LogP contribution in [0.2, 0.25) is 0 Å². The third-order valence-corrected chi connectivity index (χ3v) is 5.98. The van der Waals surface area contributed by atoms with Gasteiger partial charge in [-0.05, 0) is 43.2 Å². The molecule has 7 heteroatoms. The second kappa shape index (κ2) is 5.91.